The number of methoxy groups -OCH3 is 4. The number of aliphatic hydroxyl groups is 2. The third kappa shape index (κ3) is 20.5. The summed E-state index contributed by atoms with van der Waals surface area (Å²) in [6.45, 7) is 15.8. The molecule has 26 nitrogen and oxygen atoms in total. The molecule has 7 aliphatic heterocycles. The van der Waals surface area contributed by atoms with Gasteiger partial charge < -0.3 is 88.0 Å². The molecule has 0 unspecified atom stereocenters. The van der Waals surface area contributed by atoms with Crippen molar-refractivity contribution in [1.82, 2.24) is 15.5 Å². The predicted molar refractivity (Wildman–Crippen MR) is 400 cm³/mol. The van der Waals surface area contributed by atoms with Gasteiger partial charge in [-0.05, 0) is 136 Å². The Morgan fingerprint density at radius 3 is 1.46 bits per heavy atom. The van der Waals surface area contributed by atoms with E-state index in [0.717, 1.165) is 61.0 Å². The van der Waals surface area contributed by atoms with Crippen LogP contribution in [0.4, 0.5) is 11.4 Å². The Labute approximate surface area is 638 Å². The highest BCUT2D eigenvalue weighted by Crippen LogP contribution is 2.52. The minimum atomic E-state index is -1.57. The molecule has 5 N–H and O–H groups in total. The highest BCUT2D eigenvalue weighted by molar-refractivity contribution is 6.35. The molecule has 28 heteroatoms. The summed E-state index contributed by atoms with van der Waals surface area (Å²) in [6, 6.07) is 5.69. The summed E-state index contributed by atoms with van der Waals surface area (Å²) in [5.41, 5.74) is -0.899. The van der Waals surface area contributed by atoms with Gasteiger partial charge in [0.1, 0.15) is 92.7 Å². The fraction of sp³-hybridized carbons (Fsp3) is 0.646. The molecule has 5 saturated heterocycles. The summed E-state index contributed by atoms with van der Waals surface area (Å²) in [7, 11) is 12.4. The van der Waals surface area contributed by atoms with Gasteiger partial charge in [-0.1, -0.05) is 104 Å². The molecule has 1 saturated carbocycles. The Morgan fingerprint density at radius 2 is 1.07 bits per heavy atom. The van der Waals surface area contributed by atoms with E-state index in [1.807, 2.05) is 58.0 Å². The molecule has 7 heterocycles. The summed E-state index contributed by atoms with van der Waals surface area (Å²) < 4.78 is 58.6. The van der Waals surface area contributed by atoms with Crippen molar-refractivity contribution < 1.29 is 101 Å². The van der Waals surface area contributed by atoms with Gasteiger partial charge in [0.05, 0.1) is 69.4 Å². The van der Waals surface area contributed by atoms with E-state index in [1.165, 1.54) is 49.6 Å². The van der Waals surface area contributed by atoms with Crippen LogP contribution in [0.2, 0.25) is 10.0 Å². The molecule has 10 rings (SSSR count). The Bertz CT molecular complexity index is 3690. The van der Waals surface area contributed by atoms with Crippen LogP contribution in [0.3, 0.4) is 0 Å². The SMILES string of the molecule is CN[C@@H](C)C(=O)O[C@H]1CC(=O)N(C)c2cc(cc(OC)c2Cl)C/C(C)=C/C=C/[C@@H](OC)[C@]2(O)CC(=O)O[C@@H](C2)[C@@H](C)[C@@H]2O[C@@]12C.COc1cc2cc(c1Cl)N(C)C(=O)C[C@H](OC(=O)[C@H](C)N(C)C(=O)C1CCNCC1)[C@]1(C)O[C@H]1[C@H](C)[C@@H]1C[C@@](O)(CC(=O)O1)[C@H](OC)/C=C/C=C(\C)C2.O=C(O)C1CCCCC1. The third-order valence-electron chi connectivity index (χ3n) is 22.6. The van der Waals surface area contributed by atoms with Gasteiger partial charge in [-0.25, -0.2) is 4.79 Å². The first-order chi connectivity index (χ1) is 50.5. The first-order valence-corrected chi connectivity index (χ1v) is 37.7. The number of hydrogen-bond acceptors (Lipinski definition) is 22. The quantitative estimate of drug-likeness (QED) is 0.0752. The number of carboxylic acid groups (broad SMARTS) is 1. The van der Waals surface area contributed by atoms with Crippen molar-refractivity contribution in [3.8, 4) is 11.5 Å². The van der Waals surface area contributed by atoms with Gasteiger partial charge in [-0.3, -0.25) is 33.6 Å². The number of ether oxygens (including phenoxy) is 10. The van der Waals surface area contributed by atoms with Crippen LogP contribution >= 0.6 is 23.2 Å². The number of rotatable bonds is 12. The highest BCUT2D eigenvalue weighted by Gasteiger charge is 2.66. The second-order valence-electron chi connectivity index (χ2n) is 30.4. The molecule has 2 aromatic carbocycles. The lowest BCUT2D eigenvalue weighted by Gasteiger charge is -2.41. The first-order valence-electron chi connectivity index (χ1n) is 37.0. The number of nitrogens with one attached hydrogen (secondary N) is 2. The number of amides is 3. The minimum absolute atomic E-state index is 0.0289. The van der Waals surface area contributed by atoms with Gasteiger partial charge in [-0.15, -0.1) is 0 Å². The van der Waals surface area contributed by atoms with E-state index in [1.54, 1.807) is 86.3 Å². The number of carbonyl (C=O) groups excluding carboxylic acids is 7. The number of esters is 4. The molecule has 8 aliphatic rings. The third-order valence-corrected chi connectivity index (χ3v) is 23.4. The van der Waals surface area contributed by atoms with Gasteiger partial charge in [0.25, 0.3) is 0 Å². The van der Waals surface area contributed by atoms with Gasteiger partial charge >= 0.3 is 29.8 Å². The largest absolute Gasteiger partial charge is 0.495 e. The van der Waals surface area contributed by atoms with Crippen LogP contribution in [0.25, 0.3) is 0 Å². The van der Waals surface area contributed by atoms with E-state index in [9.17, 15) is 48.6 Å². The number of aliphatic carboxylic acids is 1. The zero-order valence-electron chi connectivity index (χ0n) is 64.7. The number of nitrogens with zero attached hydrogens (tertiary/aromatic N) is 3. The monoisotopic (exact) mass is 1540 g/mol. The second kappa shape index (κ2) is 36.7. The van der Waals surface area contributed by atoms with Crippen molar-refractivity contribution in [3.63, 3.8) is 0 Å². The topological polar surface area (TPSA) is 330 Å². The van der Waals surface area contributed by atoms with E-state index in [-0.39, 0.29) is 72.2 Å². The smallest absolute Gasteiger partial charge is 0.328 e. The molecule has 16 atom stereocenters. The summed E-state index contributed by atoms with van der Waals surface area (Å²) in [6.07, 6.45) is 11.2. The maximum atomic E-state index is 14.2. The molecule has 8 bridgehead atoms. The molecular formula is C79H111Cl2N5O21. The van der Waals surface area contributed by atoms with Crippen LogP contribution in [-0.4, -0.2) is 221 Å². The lowest BCUT2D eigenvalue weighted by molar-refractivity contribution is -0.188. The van der Waals surface area contributed by atoms with Gasteiger partial charge in [0.2, 0.25) is 17.7 Å². The van der Waals surface area contributed by atoms with E-state index in [2.05, 4.69) is 10.6 Å². The lowest BCUT2D eigenvalue weighted by atomic mass is 9.78. The van der Waals surface area contributed by atoms with Crippen LogP contribution in [0.1, 0.15) is 150 Å². The molecule has 107 heavy (non-hydrogen) atoms. The van der Waals surface area contributed by atoms with E-state index in [4.69, 9.17) is 75.7 Å². The highest BCUT2D eigenvalue weighted by atomic mass is 35.5. The molecule has 1 aliphatic carbocycles. The Balaban J connectivity index is 0.000000243. The summed E-state index contributed by atoms with van der Waals surface area (Å²) >= 11 is 13.5. The first kappa shape index (κ1) is 85.6. The Hall–Kier alpha value is -6.98. The Morgan fingerprint density at radius 1 is 0.654 bits per heavy atom. The van der Waals surface area contributed by atoms with Crippen molar-refractivity contribution in [2.45, 2.75) is 235 Å². The van der Waals surface area contributed by atoms with E-state index < -0.39 is 131 Å². The number of hydrogen-bond donors (Lipinski definition) is 5. The van der Waals surface area contributed by atoms with Crippen LogP contribution < -0.4 is 29.9 Å². The maximum absolute atomic E-state index is 14.2. The van der Waals surface area contributed by atoms with Crippen molar-refractivity contribution >= 4 is 82.1 Å². The molecular weight excluding hydrogens is 1430 g/mol. The number of fused-ring (bicyclic) bond motifs is 10. The molecule has 3 amide bonds. The van der Waals surface area contributed by atoms with Gasteiger partial charge in [-0.2, -0.15) is 0 Å². The number of benzene rings is 2. The fourth-order valence-electron chi connectivity index (χ4n) is 15.4. The van der Waals surface area contributed by atoms with Crippen molar-refractivity contribution in [1.29, 1.82) is 0 Å². The molecule has 0 aromatic heterocycles. The molecule has 0 spiro atoms. The van der Waals surface area contributed by atoms with Crippen molar-refractivity contribution in [2.75, 3.05) is 79.5 Å². The average molecular weight is 1540 g/mol. The maximum Gasteiger partial charge on any atom is 0.328 e. The number of carboxylic acids is 1. The zero-order valence-corrected chi connectivity index (χ0v) is 66.2. The number of carbonyl (C=O) groups is 8. The number of likely N-dealkylation sites (N-methyl/N-ethyl adjacent to an activating group) is 2. The number of allylic oxidation sites excluding steroid dienone is 6. The number of epoxide rings is 2. The molecule has 2 aromatic rings. The summed E-state index contributed by atoms with van der Waals surface area (Å²) in [5, 5.41) is 38.7. The zero-order chi connectivity index (χ0) is 78.8. The molecule has 0 radical (unpaired) electrons. The lowest BCUT2D eigenvalue weighted by Crippen LogP contribution is -2.53. The van der Waals surface area contributed by atoms with Crippen molar-refractivity contribution in [3.05, 3.63) is 93.0 Å². The average Bonchev–Trinajstić information content (AvgIpc) is 1.58. The number of piperidine rings is 1. The van der Waals surface area contributed by atoms with Gasteiger partial charge in [0, 0.05) is 66.0 Å². The summed E-state index contributed by atoms with van der Waals surface area (Å²) in [4.78, 5) is 109. The van der Waals surface area contributed by atoms with Crippen molar-refractivity contribution in [2.24, 2.45) is 23.7 Å². The second-order valence-corrected chi connectivity index (χ2v) is 31.2. The van der Waals surface area contributed by atoms with E-state index in [0.29, 0.717) is 48.6 Å². The number of halogens is 2. The fourth-order valence-corrected chi connectivity index (χ4v) is 16.0. The van der Waals surface area contributed by atoms with Crippen LogP contribution in [0.15, 0.2) is 71.9 Å². The van der Waals surface area contributed by atoms with E-state index >= 15 is 0 Å². The van der Waals surface area contributed by atoms with Gasteiger partial charge in [0.15, 0.2) is 0 Å². The molecule has 592 valence electrons. The summed E-state index contributed by atoms with van der Waals surface area (Å²) in [5.74, 6) is -4.20. The Kier molecular flexibility index (Phi) is 29.4. The van der Waals surface area contributed by atoms with Crippen LogP contribution in [-0.2, 0) is 89.1 Å². The molecule has 6 fully saturated rings. The normalized spacial score (nSPS) is 33.1. The number of anilines is 2. The minimum Gasteiger partial charge on any atom is -0.495 e. The van der Waals surface area contributed by atoms with Crippen LogP contribution in [0.5, 0.6) is 11.5 Å². The van der Waals surface area contributed by atoms with Crippen LogP contribution in [0, 0.1) is 23.7 Å². The predicted octanol–water partition coefficient (Wildman–Crippen LogP) is 8.94. The standard InChI is InChI=1S/C39H54ClN3O10.C33H45ClN2O9.C7H12O2/c1-22-10-9-11-30(50-8)39(48)20-29(51-33(45)21-39)23(2)35-38(4,53-35)31(52-37(47)24(3)42(5)36(46)26-12-14-41-15-13-26)19-32(44)43(6)27-17-25(16-22)18-28(49-7)34(27)40;1-18-10-9-11-25(42-8)33(40)16-24(43-28(38)17-33)19(2)30-32(4,45-30)26(44-31(39)20(3)35-5)15-27(37)36(6)22-13-21(12-18)14-23(41-7)29(22)34;8-7(9)6-4-2-1-3-5-6/h9-11,17-18,23-24,26,29-31,35,41,48H,12-16,19-21H2,1-8H3;9-11,13-14,19-20,24-26,30,35,40H,12,15-17H2,1-8H3;6H,1-5H2,(H,8,9)/b11-9+,22-10+;11-9+,18-10+;/t23-,24+,29+,30-,31+,35+,38+,39-;19-,20+,24+,25-,26+,30+,32+,33-;/m11./s1.